The molecule has 4 heteroatoms. The Kier molecular flexibility index (Phi) is 5.80. The van der Waals surface area contributed by atoms with Crippen LogP contribution in [0, 0.1) is 5.82 Å². The zero-order valence-corrected chi connectivity index (χ0v) is 12.5. The molecule has 1 fully saturated rings. The van der Waals surface area contributed by atoms with Crippen molar-refractivity contribution in [1.82, 2.24) is 10.2 Å². The molecule has 0 spiro atoms. The van der Waals surface area contributed by atoms with Gasteiger partial charge < -0.3 is 10.1 Å². The van der Waals surface area contributed by atoms with Crippen LogP contribution in [0.4, 0.5) is 4.39 Å². The first-order chi connectivity index (χ1) is 9.72. The number of hydrogen-bond acceptors (Lipinski definition) is 3. The average Bonchev–Trinajstić information content (AvgIpc) is 2.94. The minimum atomic E-state index is -0.176. The largest absolute Gasteiger partial charge is 0.497 e. The van der Waals surface area contributed by atoms with Gasteiger partial charge in [0.05, 0.1) is 7.11 Å². The van der Waals surface area contributed by atoms with Crippen molar-refractivity contribution in [3.63, 3.8) is 0 Å². The summed E-state index contributed by atoms with van der Waals surface area (Å²) >= 11 is 0. The lowest BCUT2D eigenvalue weighted by Gasteiger charge is -2.25. The zero-order valence-electron chi connectivity index (χ0n) is 12.5. The summed E-state index contributed by atoms with van der Waals surface area (Å²) in [5, 5.41) is 3.51. The van der Waals surface area contributed by atoms with Gasteiger partial charge in [-0.1, -0.05) is 13.0 Å². The van der Waals surface area contributed by atoms with E-state index in [0.29, 0.717) is 18.3 Å². The molecule has 1 aromatic rings. The normalized spacial score (nSPS) is 18.7. The number of nitrogens with zero attached hydrogens (tertiary/aromatic N) is 1. The highest BCUT2D eigenvalue weighted by molar-refractivity contribution is 5.28. The summed E-state index contributed by atoms with van der Waals surface area (Å²) in [6, 6.07) is 5.69. The van der Waals surface area contributed by atoms with E-state index in [4.69, 9.17) is 4.74 Å². The Bertz CT molecular complexity index is 419. The van der Waals surface area contributed by atoms with E-state index in [9.17, 15) is 4.39 Å². The highest BCUT2D eigenvalue weighted by Gasteiger charge is 2.18. The fourth-order valence-electron chi connectivity index (χ4n) is 2.80. The maximum atomic E-state index is 14.0. The summed E-state index contributed by atoms with van der Waals surface area (Å²) in [5.41, 5.74) is 0.747. The molecule has 1 aliphatic rings. The number of methoxy groups -OCH3 is 1. The Balaban J connectivity index is 1.99. The SMILES string of the molecule is CCCN(Cc1ccc(OC)cc1F)CC1CCCN1. The molecule has 0 aromatic heterocycles. The van der Waals surface area contributed by atoms with Crippen molar-refractivity contribution in [3.05, 3.63) is 29.6 Å². The Morgan fingerprint density at radius 2 is 2.30 bits per heavy atom. The molecule has 20 heavy (non-hydrogen) atoms. The zero-order chi connectivity index (χ0) is 14.4. The van der Waals surface area contributed by atoms with Crippen LogP contribution in [-0.2, 0) is 6.54 Å². The fourth-order valence-corrected chi connectivity index (χ4v) is 2.80. The van der Waals surface area contributed by atoms with E-state index in [0.717, 1.165) is 31.6 Å². The third kappa shape index (κ3) is 4.18. The third-order valence-corrected chi connectivity index (χ3v) is 3.83. The van der Waals surface area contributed by atoms with Crippen molar-refractivity contribution in [2.24, 2.45) is 0 Å². The molecule has 1 N–H and O–H groups in total. The Labute approximate surface area is 121 Å². The maximum Gasteiger partial charge on any atom is 0.131 e. The van der Waals surface area contributed by atoms with Crippen LogP contribution < -0.4 is 10.1 Å². The van der Waals surface area contributed by atoms with Crippen molar-refractivity contribution in [1.29, 1.82) is 0 Å². The highest BCUT2D eigenvalue weighted by atomic mass is 19.1. The van der Waals surface area contributed by atoms with Crippen LogP contribution in [0.2, 0.25) is 0 Å². The summed E-state index contributed by atoms with van der Waals surface area (Å²) in [6.07, 6.45) is 3.57. The second kappa shape index (κ2) is 7.60. The van der Waals surface area contributed by atoms with Crippen molar-refractivity contribution in [2.45, 2.75) is 38.8 Å². The van der Waals surface area contributed by atoms with E-state index < -0.39 is 0 Å². The number of benzene rings is 1. The van der Waals surface area contributed by atoms with E-state index in [1.165, 1.54) is 18.9 Å². The van der Waals surface area contributed by atoms with Crippen molar-refractivity contribution >= 4 is 0 Å². The van der Waals surface area contributed by atoms with Gasteiger partial charge in [0.15, 0.2) is 0 Å². The molecule has 3 nitrogen and oxygen atoms in total. The van der Waals surface area contributed by atoms with Crippen LogP contribution in [0.15, 0.2) is 18.2 Å². The summed E-state index contributed by atoms with van der Waals surface area (Å²) < 4.78 is 19.1. The molecule has 0 saturated carbocycles. The van der Waals surface area contributed by atoms with Gasteiger partial charge >= 0.3 is 0 Å². The summed E-state index contributed by atoms with van der Waals surface area (Å²) in [4.78, 5) is 2.34. The molecule has 1 saturated heterocycles. The Morgan fingerprint density at radius 1 is 1.45 bits per heavy atom. The van der Waals surface area contributed by atoms with Gasteiger partial charge in [-0.2, -0.15) is 0 Å². The van der Waals surface area contributed by atoms with Crippen LogP contribution in [0.25, 0.3) is 0 Å². The monoisotopic (exact) mass is 280 g/mol. The average molecular weight is 280 g/mol. The molecular weight excluding hydrogens is 255 g/mol. The fraction of sp³-hybridized carbons (Fsp3) is 0.625. The molecule has 1 atom stereocenters. The van der Waals surface area contributed by atoms with Crippen LogP contribution in [0.1, 0.15) is 31.7 Å². The van der Waals surface area contributed by atoms with Gasteiger partial charge in [0.25, 0.3) is 0 Å². The number of rotatable bonds is 7. The second-order valence-electron chi connectivity index (χ2n) is 5.49. The van der Waals surface area contributed by atoms with E-state index in [-0.39, 0.29) is 5.82 Å². The van der Waals surface area contributed by atoms with E-state index in [1.54, 1.807) is 7.11 Å². The molecule has 0 bridgehead atoms. The first kappa shape index (κ1) is 15.3. The summed E-state index contributed by atoms with van der Waals surface area (Å²) in [5.74, 6) is 0.399. The summed E-state index contributed by atoms with van der Waals surface area (Å²) in [7, 11) is 1.56. The molecule has 1 heterocycles. The van der Waals surface area contributed by atoms with Gasteiger partial charge in [0.2, 0.25) is 0 Å². The van der Waals surface area contributed by atoms with Crippen molar-refractivity contribution in [3.8, 4) is 5.75 Å². The van der Waals surface area contributed by atoms with E-state index in [2.05, 4.69) is 17.1 Å². The second-order valence-corrected chi connectivity index (χ2v) is 5.49. The van der Waals surface area contributed by atoms with Crippen LogP contribution >= 0.6 is 0 Å². The van der Waals surface area contributed by atoms with Crippen molar-refractivity contribution in [2.75, 3.05) is 26.7 Å². The first-order valence-corrected chi connectivity index (χ1v) is 7.51. The number of hydrogen-bond donors (Lipinski definition) is 1. The number of halogens is 1. The van der Waals surface area contributed by atoms with Gasteiger partial charge in [0, 0.05) is 30.8 Å². The third-order valence-electron chi connectivity index (χ3n) is 3.83. The van der Waals surface area contributed by atoms with E-state index >= 15 is 0 Å². The lowest BCUT2D eigenvalue weighted by Crippen LogP contribution is -2.37. The lowest BCUT2D eigenvalue weighted by molar-refractivity contribution is 0.238. The minimum absolute atomic E-state index is 0.176. The molecule has 1 aliphatic heterocycles. The molecule has 0 aliphatic carbocycles. The number of ether oxygens (including phenoxy) is 1. The smallest absolute Gasteiger partial charge is 0.131 e. The summed E-state index contributed by atoms with van der Waals surface area (Å²) in [6.45, 7) is 5.95. The van der Waals surface area contributed by atoms with Crippen LogP contribution in [0.3, 0.4) is 0 Å². The van der Waals surface area contributed by atoms with Gasteiger partial charge in [-0.25, -0.2) is 4.39 Å². The molecule has 112 valence electrons. The van der Waals surface area contributed by atoms with E-state index in [1.807, 2.05) is 12.1 Å². The topological polar surface area (TPSA) is 24.5 Å². The maximum absolute atomic E-state index is 14.0. The Hall–Kier alpha value is -1.13. The number of nitrogens with one attached hydrogen (secondary N) is 1. The van der Waals surface area contributed by atoms with Gasteiger partial charge in [-0.15, -0.1) is 0 Å². The molecule has 0 radical (unpaired) electrons. The van der Waals surface area contributed by atoms with Crippen LogP contribution in [-0.4, -0.2) is 37.7 Å². The minimum Gasteiger partial charge on any atom is -0.497 e. The first-order valence-electron chi connectivity index (χ1n) is 7.51. The quantitative estimate of drug-likeness (QED) is 0.831. The van der Waals surface area contributed by atoms with Gasteiger partial charge in [-0.3, -0.25) is 4.90 Å². The molecule has 2 rings (SSSR count). The Morgan fingerprint density at radius 3 is 2.90 bits per heavy atom. The van der Waals surface area contributed by atoms with Gasteiger partial charge in [0.1, 0.15) is 11.6 Å². The predicted octanol–water partition coefficient (Wildman–Crippen LogP) is 2.80. The highest BCUT2D eigenvalue weighted by Crippen LogP contribution is 2.18. The lowest BCUT2D eigenvalue weighted by atomic mass is 10.1. The van der Waals surface area contributed by atoms with Gasteiger partial charge in [-0.05, 0) is 38.4 Å². The molecule has 0 amide bonds. The predicted molar refractivity (Wildman–Crippen MR) is 79.5 cm³/mol. The van der Waals surface area contributed by atoms with Crippen molar-refractivity contribution < 1.29 is 9.13 Å². The standard InChI is InChI=1S/C16H25FN2O/c1-3-9-19(12-14-5-4-8-18-14)11-13-6-7-15(20-2)10-16(13)17/h6-7,10,14,18H,3-5,8-9,11-12H2,1-2H3. The van der Waals surface area contributed by atoms with Crippen LogP contribution in [0.5, 0.6) is 5.75 Å². The molecule has 1 aromatic carbocycles. The molecular formula is C16H25FN2O. The molecule has 1 unspecified atom stereocenters.